The van der Waals surface area contributed by atoms with Crippen LogP contribution in [-0.4, -0.2) is 19.5 Å². The van der Waals surface area contributed by atoms with Gasteiger partial charge in [0, 0.05) is 6.29 Å². The summed E-state index contributed by atoms with van der Waals surface area (Å²) in [5.41, 5.74) is 0. The zero-order chi connectivity index (χ0) is 4.41. The molecule has 7 heavy (non-hydrogen) atoms. The predicted octanol–water partition coefficient (Wildman–Crippen LogP) is -2.80. The number of hydrogen-bond acceptors (Lipinski definition) is 2. The van der Waals surface area contributed by atoms with Gasteiger partial charge in [-0.2, -0.15) is 0 Å². The van der Waals surface area contributed by atoms with E-state index in [2.05, 4.69) is 6.92 Å². The molecule has 0 saturated carbocycles. The number of hydrogen-bond donors (Lipinski definition) is 0. The molecule has 0 unspecified atom stereocenters. The van der Waals surface area contributed by atoms with Crippen LogP contribution in [0.2, 0.25) is 0 Å². The number of rotatable bonds is 0. The van der Waals surface area contributed by atoms with E-state index in [4.69, 9.17) is 9.47 Å². The van der Waals surface area contributed by atoms with Crippen LogP contribution in [0.25, 0.3) is 0 Å². The normalized spacial score (nSPS) is 21.9. The first-order chi connectivity index (χ1) is 2.89. The minimum Gasteiger partial charge on any atom is -0.381 e. The topological polar surface area (TPSA) is 18.5 Å². The first-order valence-corrected chi connectivity index (χ1v) is 1.96. The Morgan fingerprint density at radius 2 is 1.71 bits per heavy atom. The minimum absolute atomic E-state index is 0. The summed E-state index contributed by atoms with van der Waals surface area (Å²) < 4.78 is 9.64. The van der Waals surface area contributed by atoms with Crippen LogP contribution >= 0.6 is 0 Å². The molecule has 1 rings (SSSR count). The van der Waals surface area contributed by atoms with Crippen molar-refractivity contribution in [1.29, 1.82) is 0 Å². The summed E-state index contributed by atoms with van der Waals surface area (Å²) in [5, 5.41) is 0. The Labute approximate surface area is 55.4 Å². The SMILES string of the molecule is [CH2-]C1OCCO1.[Li+]. The Kier molecular flexibility index (Phi) is 3.77. The second-order valence-corrected chi connectivity index (χ2v) is 1.17. The second-order valence-electron chi connectivity index (χ2n) is 1.17. The van der Waals surface area contributed by atoms with Crippen LogP contribution in [0.1, 0.15) is 0 Å². The summed E-state index contributed by atoms with van der Waals surface area (Å²) in [6.45, 7) is 4.90. The molecule has 0 atom stereocenters. The third-order valence-electron chi connectivity index (χ3n) is 0.691. The zero-order valence-electron chi connectivity index (χ0n) is 4.52. The van der Waals surface area contributed by atoms with Crippen LogP contribution in [0.3, 0.4) is 0 Å². The molecular weight excluding hydrogens is 87.0 g/mol. The first-order valence-electron chi connectivity index (χ1n) is 1.96. The third-order valence-corrected chi connectivity index (χ3v) is 0.691. The molecule has 0 N–H and O–H groups in total. The van der Waals surface area contributed by atoms with Gasteiger partial charge < -0.3 is 9.47 Å². The van der Waals surface area contributed by atoms with E-state index in [1.807, 2.05) is 0 Å². The molecule has 1 aliphatic rings. The van der Waals surface area contributed by atoms with Gasteiger partial charge in [-0.25, -0.2) is 0 Å². The van der Waals surface area contributed by atoms with Gasteiger partial charge in [0.05, 0.1) is 13.2 Å². The molecule has 0 spiro atoms. The largest absolute Gasteiger partial charge is 1.00 e. The molecule has 0 aromatic carbocycles. The fourth-order valence-electron chi connectivity index (χ4n) is 0.407. The van der Waals surface area contributed by atoms with E-state index in [0.29, 0.717) is 13.2 Å². The summed E-state index contributed by atoms with van der Waals surface area (Å²) >= 11 is 0. The van der Waals surface area contributed by atoms with Crippen molar-refractivity contribution in [3.05, 3.63) is 6.92 Å². The molecule has 2 nitrogen and oxygen atoms in total. The maximum atomic E-state index is 4.82. The van der Waals surface area contributed by atoms with E-state index >= 15 is 0 Å². The van der Waals surface area contributed by atoms with Crippen molar-refractivity contribution in [2.24, 2.45) is 0 Å². The van der Waals surface area contributed by atoms with Crippen LogP contribution in [-0.2, 0) is 9.47 Å². The zero-order valence-corrected chi connectivity index (χ0v) is 4.52. The van der Waals surface area contributed by atoms with Crippen molar-refractivity contribution < 1.29 is 28.3 Å². The molecule has 1 aliphatic heterocycles. The standard InChI is InChI=1S/C4H7O2.Li/c1-4-5-2-3-6-4;/h4H,1-3H2;/q-1;+1. The predicted molar refractivity (Wildman–Crippen MR) is 21.0 cm³/mol. The van der Waals surface area contributed by atoms with E-state index in [-0.39, 0.29) is 25.2 Å². The maximum absolute atomic E-state index is 4.82. The second kappa shape index (κ2) is 3.51. The van der Waals surface area contributed by atoms with Crippen LogP contribution in [0, 0.1) is 6.92 Å². The van der Waals surface area contributed by atoms with Gasteiger partial charge in [-0.15, -0.1) is 0 Å². The van der Waals surface area contributed by atoms with Gasteiger partial charge in [-0.05, 0) is 0 Å². The smallest absolute Gasteiger partial charge is 0.381 e. The third kappa shape index (κ3) is 2.35. The summed E-state index contributed by atoms with van der Waals surface area (Å²) in [7, 11) is 0. The van der Waals surface area contributed by atoms with Gasteiger partial charge in [-0.1, -0.05) is 0 Å². The molecular formula is C4H7LiO2. The fourth-order valence-corrected chi connectivity index (χ4v) is 0.407. The number of ether oxygens (including phenoxy) is 2. The van der Waals surface area contributed by atoms with Gasteiger partial charge in [0.2, 0.25) is 0 Å². The quantitative estimate of drug-likeness (QED) is 0.238. The summed E-state index contributed by atoms with van der Waals surface area (Å²) in [4.78, 5) is 0. The average Bonchev–Trinajstić information content (AvgIpc) is 1.86. The van der Waals surface area contributed by atoms with E-state index in [9.17, 15) is 0 Å². The minimum atomic E-state index is -0.204. The molecule has 0 aromatic heterocycles. The van der Waals surface area contributed by atoms with Gasteiger partial charge >= 0.3 is 18.9 Å². The van der Waals surface area contributed by atoms with Gasteiger partial charge in [0.25, 0.3) is 0 Å². The van der Waals surface area contributed by atoms with Crippen molar-refractivity contribution in [3.63, 3.8) is 0 Å². The summed E-state index contributed by atoms with van der Waals surface area (Å²) in [5.74, 6) is 0. The average molecular weight is 94.0 g/mol. The van der Waals surface area contributed by atoms with Crippen LogP contribution in [0.5, 0.6) is 0 Å². The molecule has 0 aliphatic carbocycles. The fraction of sp³-hybridized carbons (Fsp3) is 0.750. The Bertz CT molecular complexity index is 43.0. The van der Waals surface area contributed by atoms with E-state index in [0.717, 1.165) is 0 Å². The van der Waals surface area contributed by atoms with E-state index in [1.165, 1.54) is 0 Å². The molecule has 3 heteroatoms. The van der Waals surface area contributed by atoms with Gasteiger partial charge in [0.15, 0.2) is 0 Å². The molecule has 1 fully saturated rings. The van der Waals surface area contributed by atoms with Crippen molar-refractivity contribution >= 4 is 0 Å². The molecule has 0 radical (unpaired) electrons. The molecule has 36 valence electrons. The Balaban J connectivity index is 0.000000360. The molecule has 1 heterocycles. The van der Waals surface area contributed by atoms with Crippen molar-refractivity contribution in [2.45, 2.75) is 6.29 Å². The van der Waals surface area contributed by atoms with Crippen molar-refractivity contribution in [1.82, 2.24) is 0 Å². The summed E-state index contributed by atoms with van der Waals surface area (Å²) in [6, 6.07) is 0. The van der Waals surface area contributed by atoms with Crippen molar-refractivity contribution in [2.75, 3.05) is 13.2 Å². The Morgan fingerprint density at radius 3 is 1.86 bits per heavy atom. The van der Waals surface area contributed by atoms with E-state index in [1.54, 1.807) is 0 Å². The monoisotopic (exact) mass is 94.1 g/mol. The molecule has 0 bridgehead atoms. The van der Waals surface area contributed by atoms with E-state index < -0.39 is 0 Å². The van der Waals surface area contributed by atoms with Crippen molar-refractivity contribution in [3.8, 4) is 0 Å². The maximum Gasteiger partial charge on any atom is 1.00 e. The molecule has 0 amide bonds. The Hall–Kier alpha value is 0.517. The molecule has 0 aromatic rings. The van der Waals surface area contributed by atoms with Crippen LogP contribution < -0.4 is 18.9 Å². The van der Waals surface area contributed by atoms with Gasteiger partial charge in [-0.3, -0.25) is 6.92 Å². The first kappa shape index (κ1) is 7.52. The van der Waals surface area contributed by atoms with Gasteiger partial charge in [0.1, 0.15) is 0 Å². The Morgan fingerprint density at radius 1 is 1.29 bits per heavy atom. The summed E-state index contributed by atoms with van der Waals surface area (Å²) in [6.07, 6.45) is -0.204. The van der Waals surface area contributed by atoms with Crippen LogP contribution in [0.15, 0.2) is 0 Å². The molecule has 1 saturated heterocycles. The van der Waals surface area contributed by atoms with Crippen LogP contribution in [0.4, 0.5) is 0 Å².